The summed E-state index contributed by atoms with van der Waals surface area (Å²) in [5.74, 6) is 1.42. The molecule has 0 saturated heterocycles. The van der Waals surface area contributed by atoms with E-state index >= 15 is 0 Å². The molecular formula is C18H18N8O2S. The van der Waals surface area contributed by atoms with Crippen molar-refractivity contribution in [2.24, 2.45) is 0 Å². The Labute approximate surface area is 170 Å². The number of hydrogen-bond acceptors (Lipinski definition) is 8. The molecule has 1 aromatic carbocycles. The molecule has 0 aliphatic carbocycles. The van der Waals surface area contributed by atoms with Crippen LogP contribution in [-0.4, -0.2) is 42.9 Å². The summed E-state index contributed by atoms with van der Waals surface area (Å²) >= 11 is 1.55. The lowest BCUT2D eigenvalue weighted by molar-refractivity contribution is 0.248. The van der Waals surface area contributed by atoms with Crippen LogP contribution < -0.4 is 15.4 Å². The molecule has 0 bridgehead atoms. The van der Waals surface area contributed by atoms with Crippen molar-refractivity contribution in [2.45, 2.75) is 19.9 Å². The van der Waals surface area contributed by atoms with Gasteiger partial charge in [-0.2, -0.15) is 9.78 Å². The zero-order valence-electron chi connectivity index (χ0n) is 15.9. The number of rotatable bonds is 5. The molecule has 0 aliphatic rings. The van der Waals surface area contributed by atoms with Gasteiger partial charge in [0.05, 0.1) is 34.1 Å². The number of aryl methyl sites for hydroxylation is 1. The Morgan fingerprint density at radius 1 is 1.24 bits per heavy atom. The molecular weight excluding hydrogens is 392 g/mol. The largest absolute Gasteiger partial charge is 0.494 e. The van der Waals surface area contributed by atoms with Gasteiger partial charge in [0.25, 0.3) is 5.95 Å². The highest BCUT2D eigenvalue weighted by Crippen LogP contribution is 2.33. The van der Waals surface area contributed by atoms with Gasteiger partial charge in [-0.3, -0.25) is 0 Å². The molecule has 3 aromatic heterocycles. The van der Waals surface area contributed by atoms with Crippen LogP contribution in [0.3, 0.4) is 0 Å². The summed E-state index contributed by atoms with van der Waals surface area (Å²) in [5, 5.41) is 10.8. The second-order valence-electron chi connectivity index (χ2n) is 6.15. The lowest BCUT2D eigenvalue weighted by Crippen LogP contribution is -2.32. The van der Waals surface area contributed by atoms with Crippen molar-refractivity contribution in [1.82, 2.24) is 35.0 Å². The van der Waals surface area contributed by atoms with Crippen LogP contribution in [0, 0.1) is 6.92 Å². The predicted octanol–water partition coefficient (Wildman–Crippen LogP) is 2.87. The number of benzene rings is 1. The van der Waals surface area contributed by atoms with E-state index in [0.717, 1.165) is 15.2 Å². The molecule has 0 saturated carbocycles. The van der Waals surface area contributed by atoms with E-state index in [1.54, 1.807) is 49.9 Å². The van der Waals surface area contributed by atoms with Crippen molar-refractivity contribution < 1.29 is 9.53 Å². The minimum atomic E-state index is -0.443. The van der Waals surface area contributed by atoms with E-state index < -0.39 is 12.1 Å². The lowest BCUT2D eigenvalue weighted by Gasteiger charge is -2.16. The van der Waals surface area contributed by atoms with Crippen molar-refractivity contribution in [2.75, 3.05) is 12.4 Å². The highest BCUT2D eigenvalue weighted by atomic mass is 32.1. The first-order chi connectivity index (χ1) is 14.0. The number of carbonyl (C=O) groups is 1. The molecule has 148 valence electrons. The number of aromatic nitrogens is 6. The Morgan fingerprint density at radius 3 is 2.79 bits per heavy atom. The van der Waals surface area contributed by atoms with Gasteiger partial charge in [-0.1, -0.05) is 0 Å². The van der Waals surface area contributed by atoms with Crippen LogP contribution in [0.1, 0.15) is 23.8 Å². The molecule has 0 aliphatic heterocycles. The summed E-state index contributed by atoms with van der Waals surface area (Å²) in [6.45, 7) is 3.74. The van der Waals surface area contributed by atoms with Crippen molar-refractivity contribution >= 4 is 33.3 Å². The van der Waals surface area contributed by atoms with E-state index in [4.69, 9.17) is 4.74 Å². The van der Waals surface area contributed by atoms with Crippen LogP contribution in [0.15, 0.2) is 36.9 Å². The Balaban J connectivity index is 1.52. The third kappa shape index (κ3) is 3.85. The number of nitrogens with zero attached hydrogens (tertiary/aromatic N) is 6. The standard InChI is InChI=1S/C18H18N8O2S/c1-10(16-21-9-22-26(16)17-19-5-4-6-20-17)23-18(27)25-12-8-15-13(7-14(12)28-3)24-11(2)29-15/h4-10H,1-3H3,(H2,23,25,27)/t10-/m0/s1. The number of fused-ring (bicyclic) bond motifs is 1. The van der Waals surface area contributed by atoms with Gasteiger partial charge in [-0.15, -0.1) is 11.3 Å². The molecule has 11 heteroatoms. The fourth-order valence-electron chi connectivity index (χ4n) is 2.86. The zero-order chi connectivity index (χ0) is 20.4. The number of hydrogen-bond donors (Lipinski definition) is 2. The zero-order valence-corrected chi connectivity index (χ0v) is 16.8. The Bertz CT molecular complexity index is 1160. The van der Waals surface area contributed by atoms with Gasteiger partial charge in [-0.05, 0) is 26.0 Å². The minimum absolute atomic E-state index is 0.377. The Kier molecular flexibility index (Phi) is 5.04. The van der Waals surface area contributed by atoms with E-state index in [9.17, 15) is 4.79 Å². The molecule has 2 N–H and O–H groups in total. The van der Waals surface area contributed by atoms with Crippen LogP contribution in [-0.2, 0) is 0 Å². The van der Waals surface area contributed by atoms with E-state index in [1.807, 2.05) is 13.0 Å². The smallest absolute Gasteiger partial charge is 0.319 e. The highest BCUT2D eigenvalue weighted by molar-refractivity contribution is 7.18. The molecule has 2 amide bonds. The van der Waals surface area contributed by atoms with Crippen LogP contribution in [0.2, 0.25) is 0 Å². The van der Waals surface area contributed by atoms with Gasteiger partial charge in [0, 0.05) is 18.5 Å². The van der Waals surface area contributed by atoms with Crippen molar-refractivity contribution in [1.29, 1.82) is 0 Å². The number of carbonyl (C=O) groups excluding carboxylic acids is 1. The molecule has 0 fully saturated rings. The summed E-state index contributed by atoms with van der Waals surface area (Å²) in [6, 6.07) is 4.52. The molecule has 29 heavy (non-hydrogen) atoms. The summed E-state index contributed by atoms with van der Waals surface area (Å²) in [5.41, 5.74) is 1.39. The first-order valence-corrected chi connectivity index (χ1v) is 9.57. The fraction of sp³-hybridized carbons (Fsp3) is 0.222. The number of nitrogens with one attached hydrogen (secondary N) is 2. The monoisotopic (exact) mass is 410 g/mol. The number of methoxy groups -OCH3 is 1. The molecule has 10 nitrogen and oxygen atoms in total. The average molecular weight is 410 g/mol. The number of urea groups is 1. The quantitative estimate of drug-likeness (QED) is 0.519. The van der Waals surface area contributed by atoms with Crippen LogP contribution in [0.25, 0.3) is 16.2 Å². The van der Waals surface area contributed by atoms with Gasteiger partial charge < -0.3 is 15.4 Å². The third-order valence-electron chi connectivity index (χ3n) is 4.12. The minimum Gasteiger partial charge on any atom is -0.494 e. The lowest BCUT2D eigenvalue weighted by atomic mass is 10.2. The van der Waals surface area contributed by atoms with E-state index in [2.05, 4.69) is 35.7 Å². The van der Waals surface area contributed by atoms with E-state index in [0.29, 0.717) is 23.2 Å². The molecule has 4 aromatic rings. The SMILES string of the molecule is COc1cc2nc(C)sc2cc1NC(=O)N[C@@H](C)c1ncnn1-c1ncccn1. The molecule has 0 unspecified atom stereocenters. The number of amides is 2. The first-order valence-electron chi connectivity index (χ1n) is 8.75. The van der Waals surface area contributed by atoms with Gasteiger partial charge in [-0.25, -0.2) is 24.7 Å². The normalized spacial score (nSPS) is 12.0. The maximum absolute atomic E-state index is 12.6. The van der Waals surface area contributed by atoms with Crippen LogP contribution >= 0.6 is 11.3 Å². The Morgan fingerprint density at radius 2 is 2.03 bits per heavy atom. The Hall–Kier alpha value is -3.60. The second kappa shape index (κ2) is 7.80. The van der Waals surface area contributed by atoms with Crippen molar-refractivity contribution in [3.05, 3.63) is 47.8 Å². The maximum atomic E-state index is 12.6. The van der Waals surface area contributed by atoms with Crippen LogP contribution in [0.4, 0.5) is 10.5 Å². The van der Waals surface area contributed by atoms with Gasteiger partial charge in [0.2, 0.25) is 0 Å². The molecule has 0 radical (unpaired) electrons. The summed E-state index contributed by atoms with van der Waals surface area (Å²) in [6.07, 6.45) is 4.62. The van der Waals surface area contributed by atoms with Gasteiger partial charge in [0.1, 0.15) is 12.1 Å². The van der Waals surface area contributed by atoms with Crippen molar-refractivity contribution in [3.8, 4) is 11.7 Å². The number of thiazole rings is 1. The van der Waals surface area contributed by atoms with E-state index in [-0.39, 0.29) is 0 Å². The molecule has 4 rings (SSSR count). The number of anilines is 1. The molecule has 0 spiro atoms. The predicted molar refractivity (Wildman–Crippen MR) is 108 cm³/mol. The van der Waals surface area contributed by atoms with Crippen LogP contribution in [0.5, 0.6) is 5.75 Å². The fourth-order valence-corrected chi connectivity index (χ4v) is 3.70. The third-order valence-corrected chi connectivity index (χ3v) is 5.05. The summed E-state index contributed by atoms with van der Waals surface area (Å²) in [4.78, 5) is 29.6. The second-order valence-corrected chi connectivity index (χ2v) is 7.39. The average Bonchev–Trinajstić information content (AvgIpc) is 3.33. The summed E-state index contributed by atoms with van der Waals surface area (Å²) in [7, 11) is 1.55. The van der Waals surface area contributed by atoms with E-state index in [1.165, 1.54) is 11.0 Å². The topological polar surface area (TPSA) is 120 Å². The highest BCUT2D eigenvalue weighted by Gasteiger charge is 2.19. The first kappa shape index (κ1) is 18.7. The van der Waals surface area contributed by atoms with Gasteiger partial charge >= 0.3 is 6.03 Å². The summed E-state index contributed by atoms with van der Waals surface area (Å²) < 4.78 is 7.85. The van der Waals surface area contributed by atoms with Gasteiger partial charge in [0.15, 0.2) is 5.82 Å². The molecule has 3 heterocycles. The van der Waals surface area contributed by atoms with Crippen molar-refractivity contribution in [3.63, 3.8) is 0 Å². The number of ether oxygens (including phenoxy) is 1. The maximum Gasteiger partial charge on any atom is 0.319 e. The molecule has 1 atom stereocenters.